The maximum Gasteiger partial charge on any atom is 0.347 e. The average molecular weight is 432 g/mol. The van der Waals surface area contributed by atoms with Gasteiger partial charge in [-0.15, -0.1) is 0 Å². The van der Waals surface area contributed by atoms with Crippen LogP contribution in [0.1, 0.15) is 15.9 Å². The van der Waals surface area contributed by atoms with Gasteiger partial charge >= 0.3 is 5.97 Å². The van der Waals surface area contributed by atoms with Crippen molar-refractivity contribution in [3.8, 4) is 23.3 Å². The van der Waals surface area contributed by atoms with Gasteiger partial charge in [-0.05, 0) is 30.3 Å². The van der Waals surface area contributed by atoms with E-state index in [-0.39, 0.29) is 40.8 Å². The Morgan fingerprint density at radius 1 is 1.03 bits per heavy atom. The van der Waals surface area contributed by atoms with Crippen LogP contribution in [0.25, 0.3) is 0 Å². The van der Waals surface area contributed by atoms with Gasteiger partial charge in [0.15, 0.2) is 11.5 Å². The average Bonchev–Trinajstić information content (AvgIpc) is 2.79. The van der Waals surface area contributed by atoms with E-state index >= 15 is 0 Å². The molecule has 0 spiro atoms. The lowest BCUT2D eigenvalue weighted by Gasteiger charge is -2.26. The maximum atomic E-state index is 12.9. The minimum absolute atomic E-state index is 0.0519. The number of nitrogens with zero attached hydrogens (tertiary/aromatic N) is 2. The molecule has 1 saturated heterocycles. The van der Waals surface area contributed by atoms with Gasteiger partial charge in [-0.1, -0.05) is 0 Å². The minimum atomic E-state index is -3.81. The number of methoxy groups -OCH3 is 2. The lowest BCUT2D eigenvalue weighted by atomic mass is 10.2. The van der Waals surface area contributed by atoms with E-state index in [1.54, 1.807) is 0 Å². The minimum Gasteiger partial charge on any atom is -0.496 e. The summed E-state index contributed by atoms with van der Waals surface area (Å²) in [7, 11) is -1.06. The molecule has 0 N–H and O–H groups in total. The molecule has 0 amide bonds. The third-order valence-electron chi connectivity index (χ3n) is 4.49. The van der Waals surface area contributed by atoms with E-state index in [9.17, 15) is 13.2 Å². The van der Waals surface area contributed by atoms with Crippen LogP contribution in [0, 0.1) is 11.3 Å². The second-order valence-corrected chi connectivity index (χ2v) is 8.18. The van der Waals surface area contributed by atoms with Gasteiger partial charge in [0.2, 0.25) is 10.0 Å². The highest BCUT2D eigenvalue weighted by Gasteiger charge is 2.28. The van der Waals surface area contributed by atoms with E-state index in [1.807, 2.05) is 6.07 Å². The molecule has 2 aromatic rings. The molecule has 1 aliphatic heterocycles. The van der Waals surface area contributed by atoms with E-state index in [0.29, 0.717) is 18.8 Å². The zero-order valence-corrected chi connectivity index (χ0v) is 17.3. The van der Waals surface area contributed by atoms with Crippen LogP contribution in [0.3, 0.4) is 0 Å². The summed E-state index contributed by atoms with van der Waals surface area (Å²) in [6.07, 6.45) is 0. The van der Waals surface area contributed by atoms with Crippen LogP contribution in [-0.2, 0) is 14.8 Å². The molecule has 0 unspecified atom stereocenters. The van der Waals surface area contributed by atoms with Crippen molar-refractivity contribution in [3.63, 3.8) is 0 Å². The normalized spacial score (nSPS) is 14.6. The number of ether oxygens (including phenoxy) is 4. The Morgan fingerprint density at radius 2 is 1.70 bits per heavy atom. The number of hydrogen-bond donors (Lipinski definition) is 0. The molecule has 3 rings (SSSR count). The van der Waals surface area contributed by atoms with Gasteiger partial charge in [0.1, 0.15) is 11.3 Å². The van der Waals surface area contributed by atoms with Crippen molar-refractivity contribution in [2.24, 2.45) is 0 Å². The Hall–Kier alpha value is -3.13. The number of rotatable bonds is 6. The molecule has 9 nitrogen and oxygen atoms in total. The Balaban J connectivity index is 1.94. The number of carbonyl (C=O) groups is 1. The summed E-state index contributed by atoms with van der Waals surface area (Å²) in [6, 6.07) is 10.3. The highest BCUT2D eigenvalue weighted by molar-refractivity contribution is 7.89. The molecule has 10 heteroatoms. The predicted molar refractivity (Wildman–Crippen MR) is 105 cm³/mol. The summed E-state index contributed by atoms with van der Waals surface area (Å²) in [6.45, 7) is 1.08. The molecule has 30 heavy (non-hydrogen) atoms. The van der Waals surface area contributed by atoms with E-state index in [2.05, 4.69) is 0 Å². The zero-order valence-electron chi connectivity index (χ0n) is 16.5. The van der Waals surface area contributed by atoms with Crippen molar-refractivity contribution < 1.29 is 32.2 Å². The SMILES string of the molecule is COc1cc(C#N)ccc1OC(=O)c1cc(S(=O)(=O)N2CCOCC2)ccc1OC. The second kappa shape index (κ2) is 9.13. The van der Waals surface area contributed by atoms with Crippen molar-refractivity contribution in [2.75, 3.05) is 40.5 Å². The van der Waals surface area contributed by atoms with Gasteiger partial charge in [0.05, 0.1) is 44.0 Å². The van der Waals surface area contributed by atoms with Crippen molar-refractivity contribution in [1.29, 1.82) is 5.26 Å². The fourth-order valence-electron chi connectivity index (χ4n) is 2.92. The molecule has 2 aromatic carbocycles. The monoisotopic (exact) mass is 432 g/mol. The van der Waals surface area contributed by atoms with E-state index in [1.165, 1.54) is 54.9 Å². The first-order valence-corrected chi connectivity index (χ1v) is 10.4. The van der Waals surface area contributed by atoms with Crippen molar-refractivity contribution in [1.82, 2.24) is 4.31 Å². The van der Waals surface area contributed by atoms with Gasteiger partial charge in [-0.2, -0.15) is 9.57 Å². The molecule has 1 aliphatic rings. The Labute approximate surface area is 174 Å². The molecular formula is C20H20N2O7S. The van der Waals surface area contributed by atoms with Gasteiger partial charge in [-0.3, -0.25) is 0 Å². The summed E-state index contributed by atoms with van der Waals surface area (Å²) in [5, 5.41) is 8.99. The van der Waals surface area contributed by atoms with Gasteiger partial charge in [0.25, 0.3) is 0 Å². The molecule has 1 heterocycles. The number of benzene rings is 2. The van der Waals surface area contributed by atoms with Crippen molar-refractivity contribution in [3.05, 3.63) is 47.5 Å². The molecule has 0 bridgehead atoms. The standard InChI is InChI=1S/C20H20N2O7S/c1-26-17-6-4-15(30(24,25)22-7-9-28-10-8-22)12-16(17)20(23)29-18-5-3-14(13-21)11-19(18)27-2/h3-6,11-12H,7-10H2,1-2H3. The summed E-state index contributed by atoms with van der Waals surface area (Å²) in [4.78, 5) is 12.8. The summed E-state index contributed by atoms with van der Waals surface area (Å²) in [5.74, 6) is -0.383. The first-order valence-electron chi connectivity index (χ1n) is 8.97. The molecular weight excluding hydrogens is 412 g/mol. The van der Waals surface area contributed by atoms with Gasteiger partial charge in [-0.25, -0.2) is 13.2 Å². The van der Waals surface area contributed by atoms with Gasteiger partial charge < -0.3 is 18.9 Å². The largest absolute Gasteiger partial charge is 0.496 e. The molecule has 0 saturated carbocycles. The number of esters is 1. The molecule has 0 radical (unpaired) electrons. The van der Waals surface area contributed by atoms with Crippen molar-refractivity contribution >= 4 is 16.0 Å². The van der Waals surface area contributed by atoms with Gasteiger partial charge in [0, 0.05) is 19.2 Å². The maximum absolute atomic E-state index is 12.9. The van der Waals surface area contributed by atoms with E-state index in [4.69, 9.17) is 24.2 Å². The Bertz CT molecular complexity index is 1090. The lowest BCUT2D eigenvalue weighted by Crippen LogP contribution is -2.40. The van der Waals surface area contributed by atoms with Crippen LogP contribution >= 0.6 is 0 Å². The Morgan fingerprint density at radius 3 is 2.33 bits per heavy atom. The number of carbonyl (C=O) groups excluding carboxylic acids is 1. The van der Waals surface area contributed by atoms with Crippen LogP contribution in [0.5, 0.6) is 17.2 Å². The van der Waals surface area contributed by atoms with E-state index < -0.39 is 16.0 Å². The number of morpholine rings is 1. The highest BCUT2D eigenvalue weighted by atomic mass is 32.2. The lowest BCUT2D eigenvalue weighted by molar-refractivity contribution is 0.0722. The second-order valence-electron chi connectivity index (χ2n) is 6.25. The first kappa shape index (κ1) is 21.6. The fourth-order valence-corrected chi connectivity index (χ4v) is 4.35. The number of sulfonamides is 1. The fraction of sp³-hybridized carbons (Fsp3) is 0.300. The summed E-state index contributed by atoms with van der Waals surface area (Å²) in [5.41, 5.74) is 0.279. The highest BCUT2D eigenvalue weighted by Crippen LogP contribution is 2.31. The van der Waals surface area contributed by atoms with Crippen molar-refractivity contribution in [2.45, 2.75) is 4.90 Å². The Kier molecular flexibility index (Phi) is 6.56. The molecule has 0 atom stereocenters. The van der Waals surface area contributed by atoms with Crippen LogP contribution < -0.4 is 14.2 Å². The van der Waals surface area contributed by atoms with Crippen LogP contribution in [0.4, 0.5) is 0 Å². The van der Waals surface area contributed by atoms with E-state index in [0.717, 1.165) is 0 Å². The van der Waals surface area contributed by atoms with Crippen LogP contribution in [-0.4, -0.2) is 59.2 Å². The molecule has 1 fully saturated rings. The van der Waals surface area contributed by atoms with Crippen LogP contribution in [0.15, 0.2) is 41.3 Å². The first-order chi connectivity index (χ1) is 14.4. The van der Waals surface area contributed by atoms with Crippen LogP contribution in [0.2, 0.25) is 0 Å². The topological polar surface area (TPSA) is 115 Å². The zero-order chi connectivity index (χ0) is 21.7. The third kappa shape index (κ3) is 4.38. The number of nitriles is 1. The number of hydrogen-bond acceptors (Lipinski definition) is 8. The molecule has 0 aliphatic carbocycles. The molecule has 158 valence electrons. The molecule has 0 aromatic heterocycles. The smallest absolute Gasteiger partial charge is 0.347 e. The quantitative estimate of drug-likeness (QED) is 0.501. The predicted octanol–water partition coefficient (Wildman–Crippen LogP) is 1.82. The summed E-state index contributed by atoms with van der Waals surface area (Å²) < 4.78 is 48.1. The summed E-state index contributed by atoms with van der Waals surface area (Å²) >= 11 is 0. The third-order valence-corrected chi connectivity index (χ3v) is 6.39.